The summed E-state index contributed by atoms with van der Waals surface area (Å²) in [5, 5.41) is 10.3. The van der Waals surface area contributed by atoms with Crippen LogP contribution in [0.25, 0.3) is 0 Å². The summed E-state index contributed by atoms with van der Waals surface area (Å²) in [5.74, 6) is 0.845. The maximum atomic E-state index is 10.3. The van der Waals surface area contributed by atoms with E-state index in [1.807, 2.05) is 24.3 Å². The standard InChI is InChI=1S/C18H22O2/c1-13-5-4-6-14(2)18(13)12-16(19)11-15-7-9-17(20-3)10-8-15/h4-10,16,19H,11-12H2,1-3H3. The third-order valence-electron chi connectivity index (χ3n) is 3.71. The molecular formula is C18H22O2. The van der Waals surface area contributed by atoms with Gasteiger partial charge < -0.3 is 9.84 Å². The Morgan fingerprint density at radius 1 is 0.950 bits per heavy atom. The van der Waals surface area contributed by atoms with Crippen molar-refractivity contribution in [2.75, 3.05) is 7.11 Å². The first-order valence-electron chi connectivity index (χ1n) is 6.96. The average Bonchev–Trinajstić information content (AvgIpc) is 2.44. The highest BCUT2D eigenvalue weighted by Gasteiger charge is 2.10. The molecular weight excluding hydrogens is 248 g/mol. The fourth-order valence-corrected chi connectivity index (χ4v) is 2.51. The molecule has 1 unspecified atom stereocenters. The fraction of sp³-hybridized carbons (Fsp3) is 0.333. The van der Waals surface area contributed by atoms with Crippen molar-refractivity contribution in [1.82, 2.24) is 0 Å². The number of aliphatic hydroxyl groups is 1. The van der Waals surface area contributed by atoms with Crippen molar-refractivity contribution < 1.29 is 9.84 Å². The van der Waals surface area contributed by atoms with Crippen molar-refractivity contribution in [3.8, 4) is 5.75 Å². The lowest BCUT2D eigenvalue weighted by molar-refractivity contribution is 0.175. The minimum atomic E-state index is -0.358. The molecule has 0 saturated heterocycles. The lowest BCUT2D eigenvalue weighted by Crippen LogP contribution is -2.15. The topological polar surface area (TPSA) is 29.5 Å². The molecule has 0 amide bonds. The summed E-state index contributed by atoms with van der Waals surface area (Å²) in [6.45, 7) is 4.20. The molecule has 2 nitrogen and oxygen atoms in total. The summed E-state index contributed by atoms with van der Waals surface area (Å²) < 4.78 is 5.14. The van der Waals surface area contributed by atoms with Crippen LogP contribution in [-0.4, -0.2) is 18.3 Å². The lowest BCUT2D eigenvalue weighted by atomic mass is 9.95. The van der Waals surface area contributed by atoms with E-state index >= 15 is 0 Å². The van der Waals surface area contributed by atoms with E-state index in [2.05, 4.69) is 32.0 Å². The van der Waals surface area contributed by atoms with Crippen LogP contribution >= 0.6 is 0 Å². The lowest BCUT2D eigenvalue weighted by Gasteiger charge is -2.15. The molecule has 0 heterocycles. The Balaban J connectivity index is 2.03. The summed E-state index contributed by atoms with van der Waals surface area (Å²) >= 11 is 0. The van der Waals surface area contributed by atoms with Gasteiger partial charge in [-0.25, -0.2) is 0 Å². The van der Waals surface area contributed by atoms with Gasteiger partial charge in [-0.2, -0.15) is 0 Å². The first-order chi connectivity index (χ1) is 9.60. The SMILES string of the molecule is COc1ccc(CC(O)Cc2c(C)cccc2C)cc1. The van der Waals surface area contributed by atoms with Gasteiger partial charge in [-0.15, -0.1) is 0 Å². The summed E-state index contributed by atoms with van der Waals surface area (Å²) in [6, 6.07) is 14.1. The molecule has 0 aliphatic rings. The molecule has 0 radical (unpaired) electrons. The number of rotatable bonds is 5. The number of methoxy groups -OCH3 is 1. The van der Waals surface area contributed by atoms with Crippen molar-refractivity contribution in [3.05, 3.63) is 64.7 Å². The zero-order valence-electron chi connectivity index (χ0n) is 12.4. The van der Waals surface area contributed by atoms with Gasteiger partial charge in [0, 0.05) is 0 Å². The first kappa shape index (κ1) is 14.6. The predicted octanol–water partition coefficient (Wildman–Crippen LogP) is 3.46. The molecule has 2 rings (SSSR count). The van der Waals surface area contributed by atoms with Gasteiger partial charge in [-0.1, -0.05) is 30.3 Å². The second kappa shape index (κ2) is 6.58. The molecule has 2 aromatic rings. The van der Waals surface area contributed by atoms with Crippen molar-refractivity contribution >= 4 is 0 Å². The first-order valence-corrected chi connectivity index (χ1v) is 6.96. The highest BCUT2D eigenvalue weighted by atomic mass is 16.5. The largest absolute Gasteiger partial charge is 0.497 e. The summed E-state index contributed by atoms with van der Waals surface area (Å²) in [4.78, 5) is 0. The van der Waals surface area contributed by atoms with Gasteiger partial charge in [0.15, 0.2) is 0 Å². The molecule has 1 N–H and O–H groups in total. The van der Waals surface area contributed by atoms with Gasteiger partial charge in [0.1, 0.15) is 5.75 Å². The molecule has 0 saturated carbocycles. The van der Waals surface area contributed by atoms with Crippen molar-refractivity contribution in [2.45, 2.75) is 32.8 Å². The summed E-state index contributed by atoms with van der Waals surface area (Å²) in [5.41, 5.74) is 4.88. The van der Waals surface area contributed by atoms with E-state index in [0.29, 0.717) is 12.8 Å². The summed E-state index contributed by atoms with van der Waals surface area (Å²) in [6.07, 6.45) is 1.01. The van der Waals surface area contributed by atoms with Crippen LogP contribution in [0.5, 0.6) is 5.75 Å². The number of ether oxygens (including phenoxy) is 1. The monoisotopic (exact) mass is 270 g/mol. The highest BCUT2D eigenvalue weighted by Crippen LogP contribution is 2.18. The van der Waals surface area contributed by atoms with Crippen LogP contribution in [0.4, 0.5) is 0 Å². The zero-order valence-corrected chi connectivity index (χ0v) is 12.4. The second-order valence-electron chi connectivity index (χ2n) is 5.28. The minimum Gasteiger partial charge on any atom is -0.497 e. The number of aliphatic hydroxyl groups excluding tert-OH is 1. The quantitative estimate of drug-likeness (QED) is 0.901. The molecule has 20 heavy (non-hydrogen) atoms. The minimum absolute atomic E-state index is 0.358. The Kier molecular flexibility index (Phi) is 4.80. The molecule has 2 aromatic carbocycles. The van der Waals surface area contributed by atoms with Crippen molar-refractivity contribution in [1.29, 1.82) is 0 Å². The van der Waals surface area contributed by atoms with E-state index in [9.17, 15) is 5.11 Å². The predicted molar refractivity (Wildman–Crippen MR) is 82.3 cm³/mol. The normalized spacial score (nSPS) is 12.2. The third-order valence-corrected chi connectivity index (χ3v) is 3.71. The van der Waals surface area contributed by atoms with E-state index in [1.54, 1.807) is 7.11 Å². The van der Waals surface area contributed by atoms with E-state index in [4.69, 9.17) is 4.74 Å². The van der Waals surface area contributed by atoms with E-state index in [1.165, 1.54) is 16.7 Å². The molecule has 0 spiro atoms. The van der Waals surface area contributed by atoms with Crippen molar-refractivity contribution in [2.24, 2.45) is 0 Å². The number of aryl methyl sites for hydroxylation is 2. The maximum Gasteiger partial charge on any atom is 0.118 e. The van der Waals surface area contributed by atoms with Gasteiger partial charge in [0.2, 0.25) is 0 Å². The number of benzene rings is 2. The Morgan fingerprint density at radius 3 is 2.10 bits per heavy atom. The van der Waals surface area contributed by atoms with E-state index in [0.717, 1.165) is 11.3 Å². The number of hydrogen-bond donors (Lipinski definition) is 1. The van der Waals surface area contributed by atoms with Gasteiger partial charge in [-0.3, -0.25) is 0 Å². The van der Waals surface area contributed by atoms with Crippen LogP contribution in [0, 0.1) is 13.8 Å². The Bertz CT molecular complexity index is 538. The van der Waals surface area contributed by atoms with Gasteiger partial charge in [-0.05, 0) is 61.1 Å². The van der Waals surface area contributed by atoms with Crippen molar-refractivity contribution in [3.63, 3.8) is 0 Å². The van der Waals surface area contributed by atoms with Crippen LogP contribution in [0.3, 0.4) is 0 Å². The molecule has 0 fully saturated rings. The number of hydrogen-bond acceptors (Lipinski definition) is 2. The molecule has 0 aliphatic heterocycles. The molecule has 2 heteroatoms. The van der Waals surface area contributed by atoms with Gasteiger partial charge in [0.05, 0.1) is 13.2 Å². The van der Waals surface area contributed by atoms with Crippen LogP contribution in [0.2, 0.25) is 0 Å². The van der Waals surface area contributed by atoms with Gasteiger partial charge in [0.25, 0.3) is 0 Å². The second-order valence-corrected chi connectivity index (χ2v) is 5.28. The molecule has 106 valence electrons. The van der Waals surface area contributed by atoms with Gasteiger partial charge >= 0.3 is 0 Å². The zero-order chi connectivity index (χ0) is 14.5. The van der Waals surface area contributed by atoms with Crippen LogP contribution in [0.1, 0.15) is 22.3 Å². The molecule has 1 atom stereocenters. The summed E-state index contributed by atoms with van der Waals surface area (Å²) in [7, 11) is 1.66. The average molecular weight is 270 g/mol. The van der Waals surface area contributed by atoms with Crippen LogP contribution in [0.15, 0.2) is 42.5 Å². The molecule has 0 aliphatic carbocycles. The van der Waals surface area contributed by atoms with E-state index in [-0.39, 0.29) is 6.10 Å². The Hall–Kier alpha value is -1.80. The van der Waals surface area contributed by atoms with Crippen LogP contribution < -0.4 is 4.74 Å². The molecule has 0 aromatic heterocycles. The smallest absolute Gasteiger partial charge is 0.118 e. The highest BCUT2D eigenvalue weighted by molar-refractivity contribution is 5.34. The van der Waals surface area contributed by atoms with E-state index < -0.39 is 0 Å². The van der Waals surface area contributed by atoms with Crippen LogP contribution in [-0.2, 0) is 12.8 Å². The third kappa shape index (κ3) is 3.61. The maximum absolute atomic E-state index is 10.3. The fourth-order valence-electron chi connectivity index (χ4n) is 2.51. The molecule has 0 bridgehead atoms. The Labute approximate surface area is 121 Å². The Morgan fingerprint density at radius 2 is 1.55 bits per heavy atom.